The van der Waals surface area contributed by atoms with Crippen molar-refractivity contribution < 1.29 is 19.4 Å². The zero-order chi connectivity index (χ0) is 16.1. The molecule has 3 N–H and O–H groups in total. The van der Waals surface area contributed by atoms with Gasteiger partial charge >= 0.3 is 6.03 Å². The summed E-state index contributed by atoms with van der Waals surface area (Å²) in [6.07, 6.45) is 0. The predicted octanol–water partition coefficient (Wildman–Crippen LogP) is 1.95. The van der Waals surface area contributed by atoms with Gasteiger partial charge in [0.15, 0.2) is 11.5 Å². The third-order valence-electron chi connectivity index (χ3n) is 3.61. The molecule has 0 fully saturated rings. The third-order valence-corrected chi connectivity index (χ3v) is 3.61. The summed E-state index contributed by atoms with van der Waals surface area (Å²) >= 11 is 0. The van der Waals surface area contributed by atoms with Crippen LogP contribution in [0.5, 0.6) is 11.5 Å². The third kappa shape index (κ3) is 3.54. The van der Waals surface area contributed by atoms with Gasteiger partial charge in [-0.3, -0.25) is 0 Å². The molecule has 2 aromatic carbocycles. The van der Waals surface area contributed by atoms with Crippen molar-refractivity contribution in [2.24, 2.45) is 0 Å². The highest BCUT2D eigenvalue weighted by molar-refractivity contribution is 5.74. The van der Waals surface area contributed by atoms with Crippen LogP contribution < -0.4 is 20.1 Å². The van der Waals surface area contributed by atoms with Crippen LogP contribution in [0.4, 0.5) is 4.79 Å². The number of carbonyl (C=O) groups excluding carboxylic acids is 1. The number of fused-ring (bicyclic) bond motifs is 1. The Morgan fingerprint density at radius 3 is 2.74 bits per heavy atom. The summed E-state index contributed by atoms with van der Waals surface area (Å²) in [6.45, 7) is 0.333. The number of nitrogens with one attached hydrogen (secondary N) is 2. The minimum Gasteiger partial charge on any atom is -0.454 e. The van der Waals surface area contributed by atoms with Crippen molar-refractivity contribution >= 4 is 6.03 Å². The van der Waals surface area contributed by atoms with Gasteiger partial charge in [-0.1, -0.05) is 42.5 Å². The van der Waals surface area contributed by atoms with Crippen LogP contribution in [0.2, 0.25) is 0 Å². The number of aliphatic hydroxyl groups is 1. The number of para-hydroxylation sites is 1. The lowest BCUT2D eigenvalue weighted by Crippen LogP contribution is -2.38. The number of hydrogen-bond donors (Lipinski definition) is 3. The van der Waals surface area contributed by atoms with Gasteiger partial charge in [0.25, 0.3) is 0 Å². The molecular weight excluding hydrogens is 296 g/mol. The van der Waals surface area contributed by atoms with Crippen LogP contribution in [0, 0.1) is 0 Å². The van der Waals surface area contributed by atoms with Crippen molar-refractivity contribution in [1.29, 1.82) is 0 Å². The first kappa shape index (κ1) is 15.2. The molecule has 0 saturated heterocycles. The van der Waals surface area contributed by atoms with E-state index < -0.39 is 6.04 Å². The van der Waals surface area contributed by atoms with E-state index in [9.17, 15) is 9.90 Å². The van der Waals surface area contributed by atoms with Gasteiger partial charge in [-0.25, -0.2) is 4.79 Å². The molecule has 0 saturated carbocycles. The Kier molecular flexibility index (Phi) is 4.63. The number of benzene rings is 2. The summed E-state index contributed by atoms with van der Waals surface area (Å²) in [4.78, 5) is 12.1. The normalized spacial score (nSPS) is 13.4. The zero-order valence-electron chi connectivity index (χ0n) is 12.5. The average Bonchev–Trinajstić information content (AvgIpc) is 3.08. The number of amides is 2. The van der Waals surface area contributed by atoms with Crippen LogP contribution in [-0.2, 0) is 6.54 Å². The summed E-state index contributed by atoms with van der Waals surface area (Å²) in [5.74, 6) is 1.34. The molecule has 3 rings (SSSR count). The highest BCUT2D eigenvalue weighted by atomic mass is 16.7. The summed E-state index contributed by atoms with van der Waals surface area (Å²) in [5, 5.41) is 15.0. The molecule has 0 bridgehead atoms. The SMILES string of the molecule is O=C(NCc1cccc2c1OCO2)N[C@H](CO)c1ccccc1. The molecule has 23 heavy (non-hydrogen) atoms. The fraction of sp³-hybridized carbons (Fsp3) is 0.235. The number of urea groups is 1. The molecule has 0 aromatic heterocycles. The van der Waals surface area contributed by atoms with Crippen LogP contribution in [0.1, 0.15) is 17.2 Å². The topological polar surface area (TPSA) is 79.8 Å². The molecule has 0 unspecified atom stereocenters. The number of aliphatic hydroxyl groups excluding tert-OH is 1. The van der Waals surface area contributed by atoms with Crippen molar-refractivity contribution in [1.82, 2.24) is 10.6 Å². The molecule has 1 aliphatic rings. The van der Waals surface area contributed by atoms with Crippen molar-refractivity contribution in [2.75, 3.05) is 13.4 Å². The molecule has 0 spiro atoms. The van der Waals surface area contributed by atoms with E-state index in [0.717, 1.165) is 11.1 Å². The number of hydrogen-bond acceptors (Lipinski definition) is 4. The zero-order valence-corrected chi connectivity index (χ0v) is 12.5. The molecule has 6 nitrogen and oxygen atoms in total. The van der Waals surface area contributed by atoms with E-state index >= 15 is 0 Å². The molecule has 1 atom stereocenters. The van der Waals surface area contributed by atoms with Gasteiger partial charge in [-0.15, -0.1) is 0 Å². The number of ether oxygens (including phenoxy) is 2. The van der Waals surface area contributed by atoms with Crippen molar-refractivity contribution in [3.63, 3.8) is 0 Å². The lowest BCUT2D eigenvalue weighted by atomic mass is 10.1. The fourth-order valence-electron chi connectivity index (χ4n) is 2.43. The van der Waals surface area contributed by atoms with Gasteiger partial charge in [0.2, 0.25) is 6.79 Å². The second-order valence-corrected chi connectivity index (χ2v) is 5.12. The quantitative estimate of drug-likeness (QED) is 0.788. The molecule has 2 amide bonds. The molecule has 0 radical (unpaired) electrons. The lowest BCUT2D eigenvalue weighted by molar-refractivity contribution is 0.173. The van der Waals surface area contributed by atoms with Gasteiger partial charge < -0.3 is 25.2 Å². The van der Waals surface area contributed by atoms with Crippen LogP contribution in [-0.4, -0.2) is 24.5 Å². The van der Waals surface area contributed by atoms with Crippen LogP contribution >= 0.6 is 0 Å². The first-order valence-electron chi connectivity index (χ1n) is 7.35. The molecule has 6 heteroatoms. The highest BCUT2D eigenvalue weighted by Gasteiger charge is 2.18. The average molecular weight is 314 g/mol. The Morgan fingerprint density at radius 1 is 1.13 bits per heavy atom. The number of rotatable bonds is 5. The maximum Gasteiger partial charge on any atom is 0.315 e. The molecule has 120 valence electrons. The first-order valence-corrected chi connectivity index (χ1v) is 7.35. The van der Waals surface area contributed by atoms with E-state index in [1.807, 2.05) is 48.5 Å². The van der Waals surface area contributed by atoms with E-state index in [1.165, 1.54) is 0 Å². The fourth-order valence-corrected chi connectivity index (χ4v) is 2.43. The predicted molar refractivity (Wildman–Crippen MR) is 84.2 cm³/mol. The van der Waals surface area contributed by atoms with Gasteiger partial charge in [-0.05, 0) is 11.6 Å². The van der Waals surface area contributed by atoms with E-state index in [2.05, 4.69) is 10.6 Å². The number of carbonyl (C=O) groups is 1. The monoisotopic (exact) mass is 314 g/mol. The molecular formula is C17H18N2O4. The maximum absolute atomic E-state index is 12.1. The van der Waals surface area contributed by atoms with Gasteiger partial charge in [-0.2, -0.15) is 0 Å². The first-order chi connectivity index (χ1) is 11.3. The largest absolute Gasteiger partial charge is 0.454 e. The smallest absolute Gasteiger partial charge is 0.315 e. The van der Waals surface area contributed by atoms with Crippen molar-refractivity contribution in [2.45, 2.75) is 12.6 Å². The summed E-state index contributed by atoms with van der Waals surface area (Å²) < 4.78 is 10.7. The molecule has 1 aliphatic heterocycles. The van der Waals surface area contributed by atoms with Crippen LogP contribution in [0.15, 0.2) is 48.5 Å². The van der Waals surface area contributed by atoms with Gasteiger partial charge in [0, 0.05) is 12.1 Å². The minimum atomic E-state index is -0.447. The highest BCUT2D eigenvalue weighted by Crippen LogP contribution is 2.35. The molecule has 0 aliphatic carbocycles. The summed E-state index contributed by atoms with van der Waals surface area (Å²) in [7, 11) is 0. The second kappa shape index (κ2) is 7.02. The molecule has 2 aromatic rings. The maximum atomic E-state index is 12.1. The Morgan fingerprint density at radius 2 is 1.96 bits per heavy atom. The van der Waals surface area contributed by atoms with E-state index in [1.54, 1.807) is 0 Å². The Bertz CT molecular complexity index is 676. The van der Waals surface area contributed by atoms with Crippen LogP contribution in [0.25, 0.3) is 0 Å². The Labute approximate surface area is 134 Å². The lowest BCUT2D eigenvalue weighted by Gasteiger charge is -2.17. The molecule has 1 heterocycles. The van der Waals surface area contributed by atoms with Gasteiger partial charge in [0.1, 0.15) is 0 Å². The standard InChI is InChI=1S/C17H18N2O4/c20-10-14(12-5-2-1-3-6-12)19-17(21)18-9-13-7-4-8-15-16(13)23-11-22-15/h1-8,14,20H,9-11H2,(H2,18,19,21)/t14-/m1/s1. The van der Waals surface area contributed by atoms with E-state index in [4.69, 9.17) is 9.47 Å². The van der Waals surface area contributed by atoms with Crippen molar-refractivity contribution in [3.8, 4) is 11.5 Å². The van der Waals surface area contributed by atoms with Gasteiger partial charge in [0.05, 0.1) is 12.6 Å². The minimum absolute atomic E-state index is 0.172. The second-order valence-electron chi connectivity index (χ2n) is 5.12. The van der Waals surface area contributed by atoms with Crippen LogP contribution in [0.3, 0.4) is 0 Å². The van der Waals surface area contributed by atoms with E-state index in [-0.39, 0.29) is 19.4 Å². The van der Waals surface area contributed by atoms with E-state index in [0.29, 0.717) is 18.0 Å². The Balaban J connectivity index is 1.59. The summed E-state index contributed by atoms with van der Waals surface area (Å²) in [6, 6.07) is 14.1. The van der Waals surface area contributed by atoms with Crippen molar-refractivity contribution in [3.05, 3.63) is 59.7 Å². The Hall–Kier alpha value is -2.73. The summed E-state index contributed by atoms with van der Waals surface area (Å²) in [5.41, 5.74) is 1.69.